The summed E-state index contributed by atoms with van der Waals surface area (Å²) >= 11 is 1.24. The smallest absolute Gasteiger partial charge is 0.277 e. The van der Waals surface area contributed by atoms with E-state index < -0.39 is 29.6 Å². The van der Waals surface area contributed by atoms with Crippen molar-refractivity contribution in [2.45, 2.75) is 38.3 Å². The van der Waals surface area contributed by atoms with E-state index in [1.165, 1.54) is 24.1 Å². The van der Waals surface area contributed by atoms with Gasteiger partial charge in [-0.2, -0.15) is 0 Å². The number of rotatable bonds is 6. The van der Waals surface area contributed by atoms with Crippen molar-refractivity contribution < 1.29 is 17.6 Å². The van der Waals surface area contributed by atoms with Crippen LogP contribution in [0.3, 0.4) is 0 Å². The Bertz CT molecular complexity index is 823. The molecule has 0 radical (unpaired) electrons. The van der Waals surface area contributed by atoms with Crippen LogP contribution < -0.4 is 4.72 Å². The summed E-state index contributed by atoms with van der Waals surface area (Å²) in [6.07, 6.45) is 0.141. The third kappa shape index (κ3) is 4.36. The number of halogens is 4. The molecule has 7 heteroatoms. The zero-order chi connectivity index (χ0) is 20.5. The molecule has 0 amide bonds. The molecule has 1 heterocycles. The third-order valence-electron chi connectivity index (χ3n) is 5.08. The Labute approximate surface area is 167 Å². The summed E-state index contributed by atoms with van der Waals surface area (Å²) in [4.78, 5) is 1.58. The molecule has 1 aliphatic rings. The number of nitrogens with zero attached hydrogens (tertiary/aromatic N) is 1. The molecule has 0 spiro atoms. The van der Waals surface area contributed by atoms with Gasteiger partial charge >= 0.3 is 0 Å². The minimum Gasteiger partial charge on any atom is -0.295 e. The highest BCUT2D eigenvalue weighted by Crippen LogP contribution is 2.35. The summed E-state index contributed by atoms with van der Waals surface area (Å²) in [7, 11) is 1.63. The quantitative estimate of drug-likeness (QED) is 0.528. The highest BCUT2D eigenvalue weighted by molar-refractivity contribution is 7.97. The SMILES string of the molecule is CCSNC1C(Cc2cccc(-c3cc(C)cc(F)c3)c2F)N(C)CC1(F)F. The van der Waals surface area contributed by atoms with E-state index in [-0.39, 0.29) is 18.5 Å². The molecule has 1 aliphatic heterocycles. The van der Waals surface area contributed by atoms with Gasteiger partial charge in [-0.05, 0) is 49.2 Å². The lowest BCUT2D eigenvalue weighted by molar-refractivity contribution is -0.00425. The zero-order valence-electron chi connectivity index (χ0n) is 16.1. The van der Waals surface area contributed by atoms with Crippen LogP contribution in [0.25, 0.3) is 11.1 Å². The fourth-order valence-electron chi connectivity index (χ4n) is 3.77. The average molecular weight is 412 g/mol. The van der Waals surface area contributed by atoms with Crippen LogP contribution >= 0.6 is 11.9 Å². The molecule has 1 saturated heterocycles. The first-order chi connectivity index (χ1) is 13.2. The normalized spacial score (nSPS) is 22.0. The van der Waals surface area contributed by atoms with Crippen LogP contribution in [0.4, 0.5) is 17.6 Å². The van der Waals surface area contributed by atoms with Crippen molar-refractivity contribution in [1.29, 1.82) is 0 Å². The summed E-state index contributed by atoms with van der Waals surface area (Å²) in [5.74, 6) is -3.16. The molecule has 0 saturated carbocycles. The number of nitrogens with one attached hydrogen (secondary N) is 1. The molecule has 28 heavy (non-hydrogen) atoms. The molecule has 152 valence electrons. The van der Waals surface area contributed by atoms with Crippen LogP contribution in [0.1, 0.15) is 18.1 Å². The predicted molar refractivity (Wildman–Crippen MR) is 107 cm³/mol. The van der Waals surface area contributed by atoms with Gasteiger partial charge in [-0.1, -0.05) is 43.1 Å². The molecule has 0 bridgehead atoms. The van der Waals surface area contributed by atoms with Crippen molar-refractivity contribution >= 4 is 11.9 Å². The molecule has 2 aromatic rings. The zero-order valence-corrected chi connectivity index (χ0v) is 16.9. The van der Waals surface area contributed by atoms with Crippen LogP contribution in [-0.2, 0) is 6.42 Å². The van der Waals surface area contributed by atoms with Crippen LogP contribution in [0.2, 0.25) is 0 Å². The molecule has 2 nitrogen and oxygen atoms in total. The number of alkyl halides is 2. The van der Waals surface area contributed by atoms with E-state index in [9.17, 15) is 13.2 Å². The van der Waals surface area contributed by atoms with E-state index in [0.717, 1.165) is 0 Å². The van der Waals surface area contributed by atoms with Gasteiger partial charge in [0, 0.05) is 17.4 Å². The fourth-order valence-corrected chi connectivity index (χ4v) is 4.45. The van der Waals surface area contributed by atoms with Crippen LogP contribution in [-0.4, -0.2) is 42.3 Å². The minimum absolute atomic E-state index is 0.141. The Morgan fingerprint density at radius 1 is 1.21 bits per heavy atom. The fraction of sp³-hybridized carbons (Fsp3) is 0.429. The van der Waals surface area contributed by atoms with Gasteiger partial charge in [0.15, 0.2) is 0 Å². The van der Waals surface area contributed by atoms with Crippen LogP contribution in [0, 0.1) is 18.6 Å². The lowest BCUT2D eigenvalue weighted by Gasteiger charge is -2.26. The topological polar surface area (TPSA) is 15.3 Å². The molecule has 1 N–H and O–H groups in total. The lowest BCUT2D eigenvalue weighted by Crippen LogP contribution is -2.46. The van der Waals surface area contributed by atoms with Crippen LogP contribution in [0.5, 0.6) is 0 Å². The summed E-state index contributed by atoms with van der Waals surface area (Å²) in [5, 5.41) is 0. The summed E-state index contributed by atoms with van der Waals surface area (Å²) in [6, 6.07) is 7.64. The van der Waals surface area contributed by atoms with Gasteiger partial charge in [-0.15, -0.1) is 0 Å². The minimum atomic E-state index is -2.89. The number of benzene rings is 2. The molecular weight excluding hydrogens is 388 g/mol. The van der Waals surface area contributed by atoms with E-state index in [1.54, 1.807) is 43.1 Å². The first-order valence-corrected chi connectivity index (χ1v) is 10.2. The standard InChI is InChI=1S/C21H24F4N2S/c1-4-28-26-20-18(27(3)12-21(20,24)25)11-14-6-5-7-17(19(14)23)15-8-13(2)9-16(22)10-15/h5-10,18,20,26H,4,11-12H2,1-3H3. The van der Waals surface area contributed by atoms with Crippen molar-refractivity contribution in [3.8, 4) is 11.1 Å². The van der Waals surface area contributed by atoms with Gasteiger partial charge in [0.1, 0.15) is 11.6 Å². The maximum atomic E-state index is 15.2. The second-order valence-corrected chi connectivity index (χ2v) is 8.37. The van der Waals surface area contributed by atoms with E-state index in [4.69, 9.17) is 0 Å². The van der Waals surface area contributed by atoms with Crippen molar-refractivity contribution in [3.05, 3.63) is 59.2 Å². The van der Waals surface area contributed by atoms with Crippen molar-refractivity contribution in [2.75, 3.05) is 19.3 Å². The second kappa shape index (κ2) is 8.43. The maximum Gasteiger partial charge on any atom is 0.277 e. The summed E-state index contributed by atoms with van der Waals surface area (Å²) < 4.78 is 60.7. The third-order valence-corrected chi connectivity index (χ3v) is 5.79. The van der Waals surface area contributed by atoms with Crippen molar-refractivity contribution in [1.82, 2.24) is 9.62 Å². The van der Waals surface area contributed by atoms with Gasteiger partial charge in [0.05, 0.1) is 12.6 Å². The largest absolute Gasteiger partial charge is 0.295 e. The molecule has 1 fully saturated rings. The molecule has 2 atom stereocenters. The summed E-state index contributed by atoms with van der Waals surface area (Å²) in [6.45, 7) is 3.25. The Hall–Kier alpha value is -1.57. The van der Waals surface area contributed by atoms with E-state index in [0.29, 0.717) is 22.4 Å². The van der Waals surface area contributed by atoms with Gasteiger partial charge in [0.2, 0.25) is 0 Å². The van der Waals surface area contributed by atoms with Gasteiger partial charge in [-0.3, -0.25) is 9.62 Å². The highest BCUT2D eigenvalue weighted by Gasteiger charge is 2.53. The lowest BCUT2D eigenvalue weighted by atomic mass is 9.95. The number of likely N-dealkylation sites (tertiary alicyclic amines) is 1. The molecule has 0 aliphatic carbocycles. The van der Waals surface area contributed by atoms with Crippen LogP contribution in [0.15, 0.2) is 36.4 Å². The molecular formula is C21H24F4N2S. The first-order valence-electron chi connectivity index (χ1n) is 9.23. The summed E-state index contributed by atoms with van der Waals surface area (Å²) in [5.41, 5.74) is 1.76. The predicted octanol–water partition coefficient (Wildman–Crippen LogP) is 5.06. The first kappa shape index (κ1) is 21.1. The average Bonchev–Trinajstić information content (AvgIpc) is 2.82. The van der Waals surface area contributed by atoms with Gasteiger partial charge in [-0.25, -0.2) is 17.6 Å². The number of hydrogen-bond acceptors (Lipinski definition) is 3. The molecule has 2 aromatic carbocycles. The van der Waals surface area contributed by atoms with E-state index in [2.05, 4.69) is 4.72 Å². The molecule has 2 unspecified atom stereocenters. The second-order valence-electron chi connectivity index (χ2n) is 7.27. The Kier molecular flexibility index (Phi) is 6.37. The number of hydrogen-bond donors (Lipinski definition) is 1. The Morgan fingerprint density at radius 3 is 2.64 bits per heavy atom. The number of aryl methyl sites for hydroxylation is 1. The van der Waals surface area contributed by atoms with E-state index in [1.807, 2.05) is 6.92 Å². The van der Waals surface area contributed by atoms with Gasteiger partial charge < -0.3 is 0 Å². The Balaban J connectivity index is 1.92. The van der Waals surface area contributed by atoms with Crippen molar-refractivity contribution in [3.63, 3.8) is 0 Å². The monoisotopic (exact) mass is 412 g/mol. The Morgan fingerprint density at radius 2 is 1.96 bits per heavy atom. The highest BCUT2D eigenvalue weighted by atomic mass is 32.2. The number of likely N-dealkylation sites (N-methyl/N-ethyl adjacent to an activating group) is 1. The molecule has 0 aromatic heterocycles. The van der Waals surface area contributed by atoms with E-state index >= 15 is 4.39 Å². The van der Waals surface area contributed by atoms with Gasteiger partial charge in [0.25, 0.3) is 5.92 Å². The molecule has 3 rings (SSSR count). The maximum absolute atomic E-state index is 15.2. The van der Waals surface area contributed by atoms with Crippen molar-refractivity contribution in [2.24, 2.45) is 0 Å².